The molecule has 7 heteroatoms. The summed E-state index contributed by atoms with van der Waals surface area (Å²) in [5.74, 6) is -5.50. The van der Waals surface area contributed by atoms with Crippen LogP contribution in [0, 0.1) is 23.7 Å². The first-order chi connectivity index (χ1) is 18.8. The Kier molecular flexibility index (Phi) is 5.59. The first-order valence-corrected chi connectivity index (χ1v) is 13.5. The van der Waals surface area contributed by atoms with Gasteiger partial charge in [0, 0.05) is 17.0 Å². The molecule has 0 spiro atoms. The van der Waals surface area contributed by atoms with Gasteiger partial charge in [-0.15, -0.1) is 0 Å². The molecule has 1 fully saturated rings. The highest BCUT2D eigenvalue weighted by Gasteiger charge is 2.71. The summed E-state index contributed by atoms with van der Waals surface area (Å²) >= 11 is 0. The lowest BCUT2D eigenvalue weighted by Gasteiger charge is -2.57. The molecule has 0 aromatic heterocycles. The molecule has 2 heterocycles. The van der Waals surface area contributed by atoms with Crippen LogP contribution in [-0.4, -0.2) is 33.3 Å². The molecule has 40 heavy (non-hydrogen) atoms. The summed E-state index contributed by atoms with van der Waals surface area (Å²) < 4.78 is 12.9. The second-order valence-corrected chi connectivity index (χ2v) is 12.2. The quantitative estimate of drug-likeness (QED) is 0.417. The molecule has 1 saturated carbocycles. The lowest BCUT2D eigenvalue weighted by Crippen LogP contribution is -2.71. The third-order valence-electron chi connectivity index (χ3n) is 9.14. The molecular formula is C33H32O7. The van der Waals surface area contributed by atoms with Gasteiger partial charge < -0.3 is 19.7 Å². The molecule has 3 aromatic rings. The number of rotatable bonds is 2. The molecule has 0 saturated heterocycles. The van der Waals surface area contributed by atoms with E-state index >= 15 is 0 Å². The lowest BCUT2D eigenvalue weighted by molar-refractivity contribution is -0.260. The monoisotopic (exact) mass is 540 g/mol. The minimum Gasteiger partial charge on any atom is -0.507 e. The van der Waals surface area contributed by atoms with Crippen molar-refractivity contribution in [2.75, 3.05) is 0 Å². The van der Waals surface area contributed by atoms with Gasteiger partial charge in [-0.3, -0.25) is 14.4 Å². The van der Waals surface area contributed by atoms with Crippen molar-refractivity contribution in [3.63, 3.8) is 0 Å². The summed E-state index contributed by atoms with van der Waals surface area (Å²) in [6.07, 6.45) is -0.596. The maximum atomic E-state index is 14.2. The average Bonchev–Trinajstić information content (AvgIpc) is 2.94. The standard InChI is InChI=1S/C33H32O7/c1-17-26(35)23-20(34)16-21(18-12-8-6-9-13-18)39-28(23)24-22(19-14-10-7-11-15-19)25-29(36)31(2,3)30(37)32(4,5)33(25,38)40-27(17)24/h6-15,21-22,25,35,38H,16H2,1-5H3/t21-,22-,25+,33+/m0/s1. The van der Waals surface area contributed by atoms with Crippen molar-refractivity contribution in [1.82, 2.24) is 0 Å². The molecular weight excluding hydrogens is 508 g/mol. The van der Waals surface area contributed by atoms with E-state index in [-0.39, 0.29) is 40.6 Å². The van der Waals surface area contributed by atoms with Gasteiger partial charge in [-0.1, -0.05) is 60.7 Å². The molecule has 1 aliphatic carbocycles. The second kappa shape index (κ2) is 8.51. The van der Waals surface area contributed by atoms with Gasteiger partial charge in [0.05, 0.1) is 23.2 Å². The van der Waals surface area contributed by atoms with Crippen LogP contribution < -0.4 is 9.47 Å². The fourth-order valence-corrected chi connectivity index (χ4v) is 6.87. The third-order valence-corrected chi connectivity index (χ3v) is 9.14. The van der Waals surface area contributed by atoms with Crippen molar-refractivity contribution in [3.8, 4) is 17.2 Å². The van der Waals surface area contributed by atoms with E-state index in [0.29, 0.717) is 11.1 Å². The first-order valence-electron chi connectivity index (χ1n) is 13.5. The van der Waals surface area contributed by atoms with Gasteiger partial charge in [0.15, 0.2) is 17.3 Å². The van der Waals surface area contributed by atoms with Crippen molar-refractivity contribution in [2.45, 2.75) is 58.8 Å². The van der Waals surface area contributed by atoms with Crippen LogP contribution in [-0.2, 0) is 9.59 Å². The number of aromatic hydroxyl groups is 1. The van der Waals surface area contributed by atoms with Gasteiger partial charge >= 0.3 is 0 Å². The van der Waals surface area contributed by atoms with Crippen molar-refractivity contribution < 1.29 is 34.1 Å². The van der Waals surface area contributed by atoms with Gasteiger partial charge in [-0.05, 0) is 45.7 Å². The van der Waals surface area contributed by atoms with E-state index in [1.807, 2.05) is 60.7 Å². The van der Waals surface area contributed by atoms with Gasteiger partial charge in [-0.2, -0.15) is 0 Å². The zero-order valence-corrected chi connectivity index (χ0v) is 23.1. The Balaban J connectivity index is 1.69. The molecule has 6 rings (SSSR count). The molecule has 206 valence electrons. The number of phenolic OH excluding ortho intramolecular Hbond substituents is 1. The Morgan fingerprint density at radius 2 is 1.43 bits per heavy atom. The van der Waals surface area contributed by atoms with E-state index in [1.165, 1.54) is 0 Å². The van der Waals surface area contributed by atoms with Crippen LogP contribution >= 0.6 is 0 Å². The number of hydrogen-bond acceptors (Lipinski definition) is 7. The molecule has 3 aromatic carbocycles. The number of benzene rings is 3. The maximum absolute atomic E-state index is 14.2. The molecule has 2 N–H and O–H groups in total. The number of carbonyl (C=O) groups excluding carboxylic acids is 3. The SMILES string of the molecule is Cc1c(O)c2c(c3c1O[C@]1(O)[C@@H](C(=O)C(C)(C)C(=O)C1(C)C)[C@H]3c1ccccc1)O[C@H](c1ccccc1)CC2=O. The molecule has 2 aliphatic heterocycles. The smallest absolute Gasteiger partial charge is 0.231 e. The van der Waals surface area contributed by atoms with E-state index < -0.39 is 46.1 Å². The minimum absolute atomic E-state index is 0.0283. The fraction of sp³-hybridized carbons (Fsp3) is 0.364. The van der Waals surface area contributed by atoms with Crippen molar-refractivity contribution >= 4 is 17.3 Å². The number of ketones is 3. The highest BCUT2D eigenvalue weighted by molar-refractivity contribution is 6.13. The summed E-state index contributed by atoms with van der Waals surface area (Å²) in [5, 5.41) is 23.6. The molecule has 4 atom stereocenters. The number of carbonyl (C=O) groups is 3. The van der Waals surface area contributed by atoms with E-state index in [9.17, 15) is 24.6 Å². The van der Waals surface area contributed by atoms with E-state index in [4.69, 9.17) is 9.47 Å². The molecule has 7 nitrogen and oxygen atoms in total. The Hall–Kier alpha value is -3.97. The fourth-order valence-electron chi connectivity index (χ4n) is 6.87. The van der Waals surface area contributed by atoms with E-state index in [2.05, 4.69) is 0 Å². The molecule has 0 unspecified atom stereocenters. The van der Waals surface area contributed by atoms with Gasteiger partial charge in [-0.25, -0.2) is 0 Å². The molecule has 0 amide bonds. The number of Topliss-reactive ketones (excluding diaryl/α,β-unsaturated/α-hetero) is 3. The number of phenols is 1. The summed E-state index contributed by atoms with van der Waals surface area (Å²) in [4.78, 5) is 41.5. The number of aliphatic hydroxyl groups is 1. The Morgan fingerprint density at radius 1 is 0.850 bits per heavy atom. The first kappa shape index (κ1) is 26.3. The van der Waals surface area contributed by atoms with Crippen LogP contribution in [0.1, 0.15) is 78.7 Å². The van der Waals surface area contributed by atoms with Gasteiger partial charge in [0.1, 0.15) is 28.9 Å². The average molecular weight is 541 g/mol. The van der Waals surface area contributed by atoms with Crippen LogP contribution in [0.25, 0.3) is 0 Å². The Morgan fingerprint density at radius 3 is 2.02 bits per heavy atom. The van der Waals surface area contributed by atoms with Crippen molar-refractivity contribution in [2.24, 2.45) is 16.7 Å². The minimum atomic E-state index is -2.23. The Labute approximate surface area is 232 Å². The van der Waals surface area contributed by atoms with Crippen molar-refractivity contribution in [1.29, 1.82) is 0 Å². The summed E-state index contributed by atoms with van der Waals surface area (Å²) in [6.45, 7) is 7.94. The van der Waals surface area contributed by atoms with E-state index in [1.54, 1.807) is 34.6 Å². The third kappa shape index (κ3) is 3.30. The number of ether oxygens (including phenoxy) is 2. The zero-order valence-electron chi connectivity index (χ0n) is 23.1. The summed E-state index contributed by atoms with van der Waals surface area (Å²) in [6, 6.07) is 18.5. The molecule has 0 radical (unpaired) electrons. The topological polar surface area (TPSA) is 110 Å². The Bertz CT molecular complexity index is 1570. The summed E-state index contributed by atoms with van der Waals surface area (Å²) in [5.41, 5.74) is -0.718. The highest BCUT2D eigenvalue weighted by Crippen LogP contribution is 2.63. The molecule has 3 aliphatic rings. The van der Waals surface area contributed by atoms with E-state index in [0.717, 1.165) is 5.56 Å². The highest BCUT2D eigenvalue weighted by atomic mass is 16.6. The largest absolute Gasteiger partial charge is 0.507 e. The van der Waals surface area contributed by atoms with Crippen LogP contribution in [0.5, 0.6) is 17.2 Å². The summed E-state index contributed by atoms with van der Waals surface area (Å²) in [7, 11) is 0. The predicted molar refractivity (Wildman–Crippen MR) is 147 cm³/mol. The lowest BCUT2D eigenvalue weighted by atomic mass is 9.51. The second-order valence-electron chi connectivity index (χ2n) is 12.2. The van der Waals surface area contributed by atoms with Crippen LogP contribution in [0.3, 0.4) is 0 Å². The predicted octanol–water partition coefficient (Wildman–Crippen LogP) is 5.44. The normalized spacial score (nSPS) is 28.1. The van der Waals surface area contributed by atoms with Crippen LogP contribution in [0.4, 0.5) is 0 Å². The number of hydrogen-bond donors (Lipinski definition) is 2. The van der Waals surface area contributed by atoms with Crippen molar-refractivity contribution in [3.05, 3.63) is 88.5 Å². The number of fused-ring (bicyclic) bond motifs is 4. The maximum Gasteiger partial charge on any atom is 0.231 e. The van der Waals surface area contributed by atoms with Gasteiger partial charge in [0.25, 0.3) is 0 Å². The van der Waals surface area contributed by atoms with Crippen LogP contribution in [0.15, 0.2) is 60.7 Å². The molecule has 0 bridgehead atoms. The van der Waals surface area contributed by atoms with Crippen LogP contribution in [0.2, 0.25) is 0 Å². The zero-order chi connectivity index (χ0) is 28.8. The van der Waals surface area contributed by atoms with Gasteiger partial charge in [0.2, 0.25) is 5.79 Å².